The van der Waals surface area contributed by atoms with E-state index in [0.717, 1.165) is 29.2 Å². The maximum absolute atomic E-state index is 12.0. The third kappa shape index (κ3) is 4.98. The van der Waals surface area contributed by atoms with E-state index in [1.54, 1.807) is 38.2 Å². The van der Waals surface area contributed by atoms with Gasteiger partial charge in [-0.3, -0.25) is 4.79 Å². The van der Waals surface area contributed by atoms with E-state index < -0.39 is 0 Å². The molecule has 1 amide bonds. The predicted molar refractivity (Wildman–Crippen MR) is 119 cm³/mol. The highest BCUT2D eigenvalue weighted by Crippen LogP contribution is 2.41. The first kappa shape index (κ1) is 20.9. The summed E-state index contributed by atoms with van der Waals surface area (Å²) in [6.07, 6.45) is 0.755. The van der Waals surface area contributed by atoms with Crippen molar-refractivity contribution in [1.29, 1.82) is 0 Å². The molecule has 1 aliphatic rings. The minimum Gasteiger partial charge on any atom is -0.497 e. The zero-order chi connectivity index (χ0) is 21.2. The van der Waals surface area contributed by atoms with Crippen molar-refractivity contribution in [2.75, 3.05) is 26.5 Å². The van der Waals surface area contributed by atoms with Crippen LogP contribution in [0.15, 0.2) is 42.5 Å². The summed E-state index contributed by atoms with van der Waals surface area (Å²) in [4.78, 5) is 13.6. The number of nitrogens with one attached hydrogen (secondary N) is 2. The van der Waals surface area contributed by atoms with Gasteiger partial charge in [-0.15, -0.1) is 0 Å². The van der Waals surface area contributed by atoms with Gasteiger partial charge in [-0.1, -0.05) is 0 Å². The summed E-state index contributed by atoms with van der Waals surface area (Å²) in [5, 5.41) is 7.10. The Hall–Kier alpha value is -2.80. The highest BCUT2D eigenvalue weighted by molar-refractivity contribution is 7.80. The number of amides is 1. The topological polar surface area (TPSA) is 62.8 Å². The summed E-state index contributed by atoms with van der Waals surface area (Å²) in [6.45, 7) is 4.12. The van der Waals surface area contributed by atoms with Crippen LogP contribution in [0.2, 0.25) is 0 Å². The Morgan fingerprint density at radius 3 is 2.52 bits per heavy atom. The molecule has 2 N–H and O–H groups in total. The van der Waals surface area contributed by atoms with Crippen molar-refractivity contribution in [3.63, 3.8) is 0 Å². The molecule has 7 heteroatoms. The van der Waals surface area contributed by atoms with Gasteiger partial charge in [-0.2, -0.15) is 0 Å². The monoisotopic (exact) mass is 413 g/mol. The Morgan fingerprint density at radius 2 is 1.90 bits per heavy atom. The van der Waals surface area contributed by atoms with Gasteiger partial charge in [0.05, 0.1) is 13.2 Å². The zero-order valence-electron chi connectivity index (χ0n) is 17.4. The second-order valence-corrected chi connectivity index (χ2v) is 8.31. The van der Waals surface area contributed by atoms with Gasteiger partial charge < -0.3 is 25.0 Å². The minimum atomic E-state index is -0.316. The summed E-state index contributed by atoms with van der Waals surface area (Å²) in [6, 6.07) is 13.0. The van der Waals surface area contributed by atoms with E-state index >= 15 is 0 Å². The molecule has 0 saturated heterocycles. The molecule has 0 aliphatic carbocycles. The number of carbonyl (C=O) groups is 1. The molecule has 6 nitrogen and oxygen atoms in total. The van der Waals surface area contributed by atoms with Gasteiger partial charge >= 0.3 is 0 Å². The van der Waals surface area contributed by atoms with Crippen LogP contribution in [0.5, 0.6) is 11.5 Å². The van der Waals surface area contributed by atoms with Gasteiger partial charge in [0.1, 0.15) is 17.1 Å². The number of ether oxygens (including phenoxy) is 2. The number of rotatable bonds is 4. The lowest BCUT2D eigenvalue weighted by molar-refractivity contribution is 0.0694. The lowest BCUT2D eigenvalue weighted by Gasteiger charge is -2.38. The predicted octanol–water partition coefficient (Wildman–Crippen LogP) is 3.99. The molecule has 0 spiro atoms. The maximum atomic E-state index is 12.0. The average Bonchev–Trinajstić information content (AvgIpc) is 2.66. The number of nitrogens with zero attached hydrogens (tertiary/aromatic N) is 1. The fraction of sp³-hybridized carbons (Fsp3) is 0.364. The second-order valence-electron chi connectivity index (χ2n) is 7.90. The quantitative estimate of drug-likeness (QED) is 0.739. The number of fused-ring (bicyclic) bond motifs is 1. The fourth-order valence-corrected chi connectivity index (χ4v) is 3.63. The Morgan fingerprint density at radius 1 is 1.21 bits per heavy atom. The van der Waals surface area contributed by atoms with Crippen LogP contribution < -0.4 is 20.1 Å². The molecule has 0 saturated carbocycles. The third-order valence-electron chi connectivity index (χ3n) is 4.78. The Balaban J connectivity index is 1.73. The molecule has 29 heavy (non-hydrogen) atoms. The number of carbonyl (C=O) groups excluding carboxylic acids is 1. The molecule has 2 aromatic carbocycles. The first-order chi connectivity index (χ1) is 13.7. The van der Waals surface area contributed by atoms with Crippen molar-refractivity contribution in [2.45, 2.75) is 31.9 Å². The number of anilines is 1. The largest absolute Gasteiger partial charge is 0.497 e. The molecular formula is C22H27N3O3S. The number of methoxy groups -OCH3 is 1. The molecule has 1 heterocycles. The minimum absolute atomic E-state index is 0.0153. The third-order valence-corrected chi connectivity index (χ3v) is 5.00. The van der Waals surface area contributed by atoms with Crippen molar-refractivity contribution >= 4 is 28.9 Å². The summed E-state index contributed by atoms with van der Waals surface area (Å²) >= 11 is 5.54. The van der Waals surface area contributed by atoms with Crippen molar-refractivity contribution < 1.29 is 14.3 Å². The number of benzene rings is 2. The molecule has 0 aromatic heterocycles. The van der Waals surface area contributed by atoms with E-state index in [1.165, 1.54) is 0 Å². The van der Waals surface area contributed by atoms with Crippen molar-refractivity contribution in [3.8, 4) is 11.5 Å². The Labute approximate surface area is 177 Å². The van der Waals surface area contributed by atoms with E-state index in [9.17, 15) is 4.79 Å². The molecule has 0 bridgehead atoms. The molecule has 154 valence electrons. The highest BCUT2D eigenvalue weighted by atomic mass is 32.1. The van der Waals surface area contributed by atoms with E-state index in [2.05, 4.69) is 24.5 Å². The molecule has 1 aliphatic heterocycles. The molecule has 2 aromatic rings. The SMILES string of the molecule is COc1ccc2c(c1)C(NC(=S)Nc1ccc(C(=O)N(C)C)cc1)CC(C)(C)O2. The summed E-state index contributed by atoms with van der Waals surface area (Å²) in [5.74, 6) is 1.57. The van der Waals surface area contributed by atoms with Crippen LogP contribution >= 0.6 is 12.2 Å². The van der Waals surface area contributed by atoms with Gasteiger partial charge in [-0.05, 0) is 68.5 Å². The van der Waals surface area contributed by atoms with Crippen LogP contribution in [-0.2, 0) is 0 Å². The molecule has 3 rings (SSSR count). The van der Waals surface area contributed by atoms with Crippen molar-refractivity contribution in [2.24, 2.45) is 0 Å². The Kier molecular flexibility index (Phi) is 5.98. The maximum Gasteiger partial charge on any atom is 0.253 e. The van der Waals surface area contributed by atoms with E-state index in [-0.39, 0.29) is 17.6 Å². The zero-order valence-corrected chi connectivity index (χ0v) is 18.2. The highest BCUT2D eigenvalue weighted by Gasteiger charge is 2.34. The lowest BCUT2D eigenvalue weighted by atomic mass is 9.89. The molecule has 1 atom stereocenters. The normalized spacial score (nSPS) is 16.8. The Bertz CT molecular complexity index is 910. The van der Waals surface area contributed by atoms with Gasteiger partial charge in [-0.25, -0.2) is 0 Å². The van der Waals surface area contributed by atoms with E-state index in [1.807, 2.05) is 30.3 Å². The van der Waals surface area contributed by atoms with E-state index in [4.69, 9.17) is 21.7 Å². The van der Waals surface area contributed by atoms with Crippen LogP contribution in [0.1, 0.15) is 42.2 Å². The van der Waals surface area contributed by atoms with Crippen LogP contribution in [-0.4, -0.2) is 42.7 Å². The van der Waals surface area contributed by atoms with Crippen molar-refractivity contribution in [3.05, 3.63) is 53.6 Å². The summed E-state index contributed by atoms with van der Waals surface area (Å²) < 4.78 is 11.5. The van der Waals surface area contributed by atoms with Crippen molar-refractivity contribution in [1.82, 2.24) is 10.2 Å². The average molecular weight is 414 g/mol. The lowest BCUT2D eigenvalue weighted by Crippen LogP contribution is -2.42. The second kappa shape index (κ2) is 8.29. The van der Waals surface area contributed by atoms with Gasteiger partial charge in [0.2, 0.25) is 0 Å². The summed E-state index contributed by atoms with van der Waals surface area (Å²) in [7, 11) is 5.11. The van der Waals surface area contributed by atoms with Crippen LogP contribution in [0, 0.1) is 0 Å². The molecular weight excluding hydrogens is 386 g/mol. The van der Waals surface area contributed by atoms with Crippen LogP contribution in [0.25, 0.3) is 0 Å². The number of thiocarbonyl (C=S) groups is 1. The van der Waals surface area contributed by atoms with E-state index in [0.29, 0.717) is 10.7 Å². The molecule has 1 unspecified atom stereocenters. The van der Waals surface area contributed by atoms with Gasteiger partial charge in [0.25, 0.3) is 5.91 Å². The molecule has 0 radical (unpaired) electrons. The van der Waals surface area contributed by atoms with Gasteiger partial charge in [0.15, 0.2) is 5.11 Å². The van der Waals surface area contributed by atoms with Crippen LogP contribution in [0.4, 0.5) is 5.69 Å². The number of hydrogen-bond donors (Lipinski definition) is 2. The fourth-order valence-electron chi connectivity index (χ4n) is 3.37. The molecule has 0 fully saturated rings. The first-order valence-electron chi connectivity index (χ1n) is 9.45. The van der Waals surface area contributed by atoms with Gasteiger partial charge in [0, 0.05) is 37.3 Å². The summed E-state index contributed by atoms with van der Waals surface area (Å²) in [5.41, 5.74) is 2.14. The first-order valence-corrected chi connectivity index (χ1v) is 9.85. The van der Waals surface area contributed by atoms with Crippen LogP contribution in [0.3, 0.4) is 0 Å². The number of hydrogen-bond acceptors (Lipinski definition) is 4. The smallest absolute Gasteiger partial charge is 0.253 e. The standard InChI is InChI=1S/C22H27N3O3S/c1-22(2)13-18(17-12-16(27-5)10-11-19(17)28-22)24-21(29)23-15-8-6-14(7-9-15)20(26)25(3)4/h6-12,18H,13H2,1-5H3,(H2,23,24,29).